The first-order chi connectivity index (χ1) is 43.0. The van der Waals surface area contributed by atoms with E-state index < -0.39 is 36.9 Å². The van der Waals surface area contributed by atoms with Crippen molar-refractivity contribution in [2.75, 3.05) is 37.0 Å². The predicted molar refractivity (Wildman–Crippen MR) is 368 cm³/mol. The van der Waals surface area contributed by atoms with E-state index in [1.165, 1.54) is 47.5 Å². The van der Waals surface area contributed by atoms with Crippen LogP contribution in [0.1, 0.15) is 88.8 Å². The summed E-state index contributed by atoms with van der Waals surface area (Å²) in [6.07, 6.45) is 13.5. The van der Waals surface area contributed by atoms with Gasteiger partial charge in [0, 0.05) is 117 Å². The Morgan fingerprint density at radius 2 is 0.857 bits per heavy atom. The summed E-state index contributed by atoms with van der Waals surface area (Å²) in [7, 11) is 3.73. The fourth-order valence-electron chi connectivity index (χ4n) is 15.3. The number of hydrogen-bond acceptors (Lipinski definition) is 10. The van der Waals surface area contributed by atoms with E-state index in [2.05, 4.69) is 206 Å². The van der Waals surface area contributed by atoms with Crippen molar-refractivity contribution in [3.8, 4) is 0 Å². The van der Waals surface area contributed by atoms with Gasteiger partial charge in [0.25, 0.3) is 22.7 Å². The average molecular weight is 1350 g/mol. The first-order valence-corrected chi connectivity index (χ1v) is 31.7. The third-order valence-electron chi connectivity index (χ3n) is 19.3. The summed E-state index contributed by atoms with van der Waals surface area (Å²) >= 11 is 7.17. The van der Waals surface area contributed by atoms with Crippen LogP contribution in [0.3, 0.4) is 0 Å². The van der Waals surface area contributed by atoms with Gasteiger partial charge in [-0.2, -0.15) is 9.15 Å². The van der Waals surface area contributed by atoms with E-state index in [9.17, 15) is 40.5 Å². The summed E-state index contributed by atoms with van der Waals surface area (Å²) in [5.74, 6) is 0. The van der Waals surface area contributed by atoms with Gasteiger partial charge in [-0.15, -0.1) is 0 Å². The molecule has 460 valence electrons. The lowest BCUT2D eigenvalue weighted by Crippen LogP contribution is -2.37. The van der Waals surface area contributed by atoms with E-state index >= 15 is 0 Å². The van der Waals surface area contributed by atoms with Gasteiger partial charge in [0.15, 0.2) is 24.5 Å². The van der Waals surface area contributed by atoms with Crippen LogP contribution in [0.25, 0.3) is 21.5 Å². The molecule has 0 saturated carbocycles. The molecule has 8 aromatic carbocycles. The zero-order valence-electron chi connectivity index (χ0n) is 52.2. The van der Waals surface area contributed by atoms with E-state index in [1.807, 2.05) is 36.0 Å². The van der Waals surface area contributed by atoms with Crippen molar-refractivity contribution < 1.29 is 28.8 Å². The Morgan fingerprint density at radius 1 is 0.495 bits per heavy atom. The Bertz CT molecular complexity index is 4390. The minimum Gasteiger partial charge on any atom is -0.341 e. The molecule has 0 fully saturated rings. The summed E-state index contributed by atoms with van der Waals surface area (Å²) in [5.41, 5.74) is 9.45. The molecule has 12 rings (SSSR count). The van der Waals surface area contributed by atoms with Crippen molar-refractivity contribution in [2.45, 2.75) is 89.9 Å². The molecule has 2 atom stereocenters. The van der Waals surface area contributed by atoms with E-state index in [0.717, 1.165) is 78.0 Å². The van der Waals surface area contributed by atoms with Crippen LogP contribution in [-0.4, -0.2) is 67.5 Å². The van der Waals surface area contributed by atoms with Crippen molar-refractivity contribution in [1.82, 2.24) is 0 Å². The maximum absolute atomic E-state index is 12.8. The van der Waals surface area contributed by atoms with Crippen LogP contribution in [0.4, 0.5) is 45.5 Å². The fourth-order valence-corrected chi connectivity index (χ4v) is 16.2. The SMILES string of the molecule is CN1/C(=C/C=C/C2=[N+](CC(C)(C)C[N+]3=C(/C=C/C=C4/N(C)c5c([N+](=O)[O-])cc(Br)cc5C4(C)Cc4ccc([N+](=O)[O-])cc4)C(C)(C)c4c3ccc3ccccc43)c3ccc4ccccc4c3C2(C)C)C(C)(Cc2ccc([N+](=O)[O-])cc2)c2cc(Br)cc([N+](=O)[O-])c21. The molecule has 0 amide bonds. The maximum Gasteiger partial charge on any atom is 0.294 e. The second-order valence-corrected chi connectivity index (χ2v) is 28.5. The lowest BCUT2D eigenvalue weighted by molar-refractivity contribution is -0.498. The van der Waals surface area contributed by atoms with Gasteiger partial charge in [-0.05, 0) is 148 Å². The molecule has 4 aliphatic rings. The van der Waals surface area contributed by atoms with Crippen molar-refractivity contribution in [2.24, 2.45) is 5.41 Å². The molecule has 0 saturated heterocycles. The molecule has 0 radical (unpaired) electrons. The summed E-state index contributed by atoms with van der Waals surface area (Å²) in [4.78, 5) is 51.3. The zero-order chi connectivity index (χ0) is 65.0. The minimum absolute atomic E-state index is 0.0195. The number of nitrogens with zero attached hydrogens (tertiary/aromatic N) is 8. The molecule has 16 nitrogen and oxygen atoms in total. The zero-order valence-corrected chi connectivity index (χ0v) is 55.4. The Hall–Kier alpha value is -9.26. The third-order valence-corrected chi connectivity index (χ3v) is 20.2. The molecule has 0 aliphatic carbocycles. The molecule has 0 N–H and O–H groups in total. The number of allylic oxidation sites excluding steroid dienone is 8. The molecular formula is C73H68Br2N8O8+2. The minimum atomic E-state index is -0.800. The summed E-state index contributed by atoms with van der Waals surface area (Å²) in [5, 5.41) is 53.6. The molecule has 4 heterocycles. The van der Waals surface area contributed by atoms with Gasteiger partial charge < -0.3 is 9.80 Å². The standard InChI is InChI=1S/C73H68Br2N8O8/c1-69(2,43-78-57-35-29-47-17-11-13-19-53(47)65(57)70(3,4)61(78)21-15-23-63-72(7,41-45-25-31-51(32-26-45)80(84)85)55-37-49(74)39-59(82(88)89)67(55)76(63)9)44-79-58-36-30-48-18-12-14-20-54(48)66(58)71(5,6)62(79)22-16-24-64-73(8,42-46-27-33-52(34-28-46)81(86)87)56-38-50(75)40-60(83(90)91)68(56)77(64)10/h11-40H,41-44H2,1-10H3/q+2. The van der Waals surface area contributed by atoms with Gasteiger partial charge in [0.1, 0.15) is 11.4 Å². The lowest BCUT2D eigenvalue weighted by atomic mass is 9.76. The van der Waals surface area contributed by atoms with Gasteiger partial charge in [0.05, 0.1) is 35.9 Å². The monoisotopic (exact) mass is 1340 g/mol. The van der Waals surface area contributed by atoms with E-state index in [-0.39, 0.29) is 32.6 Å². The summed E-state index contributed by atoms with van der Waals surface area (Å²) in [6, 6.07) is 45.8. The fraction of sp³-hybridized carbons (Fsp3) is 0.260. The highest BCUT2D eigenvalue weighted by molar-refractivity contribution is 9.10. The van der Waals surface area contributed by atoms with Crippen LogP contribution in [0.2, 0.25) is 0 Å². The molecule has 8 aromatic rings. The van der Waals surface area contributed by atoms with Crippen LogP contribution >= 0.6 is 31.9 Å². The van der Waals surface area contributed by atoms with Crippen LogP contribution < -0.4 is 9.80 Å². The van der Waals surface area contributed by atoms with Gasteiger partial charge in [-0.25, -0.2) is 0 Å². The van der Waals surface area contributed by atoms with Crippen molar-refractivity contribution in [3.63, 3.8) is 0 Å². The number of nitro benzene ring substituents is 4. The number of hydrogen-bond donors (Lipinski definition) is 0. The van der Waals surface area contributed by atoms with Gasteiger partial charge in [-0.1, -0.05) is 117 Å². The molecule has 0 spiro atoms. The quantitative estimate of drug-likeness (QED) is 0.0512. The first kappa shape index (κ1) is 62.0. The van der Waals surface area contributed by atoms with Crippen LogP contribution in [-0.2, 0) is 34.5 Å². The summed E-state index contributed by atoms with van der Waals surface area (Å²) < 4.78 is 6.10. The topological polar surface area (TPSA) is 185 Å². The second kappa shape index (κ2) is 22.6. The van der Waals surface area contributed by atoms with E-state index in [1.54, 1.807) is 24.3 Å². The number of non-ortho nitro benzene ring substituents is 2. The van der Waals surface area contributed by atoms with Crippen molar-refractivity contribution >= 4 is 110 Å². The lowest BCUT2D eigenvalue weighted by Gasteiger charge is -2.29. The van der Waals surface area contributed by atoms with E-state index in [0.29, 0.717) is 46.3 Å². The molecule has 18 heteroatoms. The summed E-state index contributed by atoms with van der Waals surface area (Å²) in [6.45, 7) is 19.1. The molecule has 91 heavy (non-hydrogen) atoms. The average Bonchev–Trinajstić information content (AvgIpc) is 1.60. The van der Waals surface area contributed by atoms with Crippen molar-refractivity contribution in [3.05, 3.63) is 276 Å². The molecule has 0 bridgehead atoms. The van der Waals surface area contributed by atoms with Crippen molar-refractivity contribution in [1.29, 1.82) is 0 Å². The predicted octanol–water partition coefficient (Wildman–Crippen LogP) is 17.8. The number of rotatable bonds is 16. The molecular weight excluding hydrogens is 1280 g/mol. The number of halogens is 2. The Morgan fingerprint density at radius 3 is 1.21 bits per heavy atom. The smallest absolute Gasteiger partial charge is 0.294 e. The number of benzene rings is 8. The third kappa shape index (κ3) is 10.5. The number of anilines is 2. The Kier molecular flexibility index (Phi) is 15.4. The molecule has 0 aromatic heterocycles. The highest BCUT2D eigenvalue weighted by Crippen LogP contribution is 2.56. The first-order valence-electron chi connectivity index (χ1n) is 30.1. The Balaban J connectivity index is 0.979. The van der Waals surface area contributed by atoms with E-state index in [4.69, 9.17) is 0 Å². The van der Waals surface area contributed by atoms with Crippen LogP contribution in [0, 0.1) is 45.9 Å². The highest BCUT2D eigenvalue weighted by atomic mass is 79.9. The number of likely N-dealkylation sites (N-methyl/N-ethyl adjacent to an activating group) is 2. The van der Waals surface area contributed by atoms with Gasteiger partial charge >= 0.3 is 0 Å². The van der Waals surface area contributed by atoms with Gasteiger partial charge in [0.2, 0.25) is 11.4 Å². The molecule has 2 unspecified atom stereocenters. The number of nitro groups is 4. The number of fused-ring (bicyclic) bond motifs is 8. The largest absolute Gasteiger partial charge is 0.341 e. The second-order valence-electron chi connectivity index (χ2n) is 26.7. The normalized spacial score (nSPS) is 19.8. The molecule has 4 aliphatic heterocycles. The van der Waals surface area contributed by atoms with Crippen LogP contribution in [0.15, 0.2) is 202 Å². The maximum atomic E-state index is 12.8. The highest BCUT2D eigenvalue weighted by Gasteiger charge is 2.52. The Labute approximate surface area is 544 Å². The van der Waals surface area contributed by atoms with Crippen LogP contribution in [0.5, 0.6) is 0 Å². The van der Waals surface area contributed by atoms with Gasteiger partial charge in [-0.3, -0.25) is 40.5 Å².